The second-order valence-corrected chi connectivity index (χ2v) is 8.98. The molecule has 2 bridgehead atoms. The molecule has 1 aliphatic heterocycles. The Morgan fingerprint density at radius 3 is 2.08 bits per heavy atom. The van der Waals surface area contributed by atoms with Gasteiger partial charge in [0.2, 0.25) is 5.91 Å². The topological polar surface area (TPSA) is 119 Å². The maximum absolute atomic E-state index is 12.6. The fourth-order valence-electron chi connectivity index (χ4n) is 4.68. The number of halogens is 1. The highest BCUT2D eigenvalue weighted by Gasteiger charge is 2.41. The van der Waals surface area contributed by atoms with Crippen molar-refractivity contribution < 1.29 is 13.2 Å². The van der Waals surface area contributed by atoms with Crippen molar-refractivity contribution in [2.24, 2.45) is 28.6 Å². The van der Waals surface area contributed by atoms with Crippen LogP contribution in [0.25, 0.3) is 0 Å². The van der Waals surface area contributed by atoms with Crippen LogP contribution in [0.15, 0.2) is 0 Å². The lowest BCUT2D eigenvalue weighted by Gasteiger charge is -2.45. The number of rotatable bonds is 3. The number of nitrogens with two attached hydrogens (primary N) is 2. The summed E-state index contributed by atoms with van der Waals surface area (Å²) in [6.45, 7) is 0.665. The molecule has 2 atom stereocenters. The quantitative estimate of drug-likeness (QED) is 0.654. The number of piperidine rings is 1. The molecule has 0 aromatic heterocycles. The third-order valence-corrected chi connectivity index (χ3v) is 6.96. The number of hydrogen-bond acceptors (Lipinski definition) is 4. The highest BCUT2D eigenvalue weighted by Crippen LogP contribution is 2.39. The van der Waals surface area contributed by atoms with E-state index in [1.165, 1.54) is 10.7 Å². The molecule has 0 radical (unpaired) electrons. The molecule has 1 saturated heterocycles. The summed E-state index contributed by atoms with van der Waals surface area (Å²) in [7, 11) is -3.63. The maximum Gasteiger partial charge on any atom is 0.276 e. The van der Waals surface area contributed by atoms with E-state index in [-0.39, 0.29) is 36.3 Å². The summed E-state index contributed by atoms with van der Waals surface area (Å²) in [6, 6.07) is 0.531. The van der Waals surface area contributed by atoms with Crippen LogP contribution in [0.2, 0.25) is 0 Å². The summed E-state index contributed by atoms with van der Waals surface area (Å²) in [5.41, 5.74) is 6.13. The monoisotopic (exact) mass is 380 g/mol. The van der Waals surface area contributed by atoms with Crippen LogP contribution >= 0.6 is 12.4 Å². The van der Waals surface area contributed by atoms with Gasteiger partial charge in [-0.2, -0.15) is 12.7 Å². The Kier molecular flexibility index (Phi) is 6.52. The van der Waals surface area contributed by atoms with Crippen molar-refractivity contribution in [2.75, 3.05) is 13.1 Å². The molecular weight excluding hydrogens is 352 g/mol. The van der Waals surface area contributed by atoms with Gasteiger partial charge in [0.1, 0.15) is 0 Å². The van der Waals surface area contributed by atoms with Crippen molar-refractivity contribution in [3.63, 3.8) is 0 Å². The van der Waals surface area contributed by atoms with Crippen LogP contribution < -0.4 is 16.2 Å². The predicted octanol–water partition coefficient (Wildman–Crippen LogP) is 0.346. The maximum atomic E-state index is 12.6. The molecule has 0 aromatic carbocycles. The van der Waals surface area contributed by atoms with E-state index in [0.717, 1.165) is 25.7 Å². The Balaban J connectivity index is 0.00000208. The predicted molar refractivity (Wildman–Crippen MR) is 94.6 cm³/mol. The summed E-state index contributed by atoms with van der Waals surface area (Å²) in [5, 5.41) is 8.41. The fourth-order valence-corrected chi connectivity index (χ4v) is 5.40. The number of nitrogens with one attached hydrogen (secondary N) is 1. The molecule has 7 nitrogen and oxygen atoms in total. The van der Waals surface area contributed by atoms with E-state index in [1.54, 1.807) is 0 Å². The van der Waals surface area contributed by atoms with Crippen LogP contribution in [-0.4, -0.2) is 43.8 Å². The molecule has 3 rings (SSSR count). The van der Waals surface area contributed by atoms with Gasteiger partial charge in [-0.1, -0.05) is 6.42 Å². The third-order valence-electron chi connectivity index (χ3n) is 5.87. The zero-order valence-electron chi connectivity index (χ0n) is 13.9. The van der Waals surface area contributed by atoms with E-state index in [1.807, 2.05) is 0 Å². The zero-order valence-corrected chi connectivity index (χ0v) is 15.5. The fraction of sp³-hybridized carbons (Fsp3) is 0.933. The van der Waals surface area contributed by atoms with Gasteiger partial charge in [0.15, 0.2) is 0 Å². The summed E-state index contributed by atoms with van der Waals surface area (Å²) < 4.78 is 23.9. The standard InChI is InChI=1S/C15H28N4O3S.ClH/c16-13-8-11-2-1-3-12(9-13)14(11)18-15(20)10-4-6-19(7-5-10)23(17,21)22;/h10-14H,1-9,16H2,(H,18,20)(H2,17,21,22);1H. The first-order valence-corrected chi connectivity index (χ1v) is 10.2. The Labute approximate surface area is 150 Å². The molecule has 2 saturated carbocycles. The number of nitrogens with zero attached hydrogens (tertiary/aromatic N) is 1. The first-order valence-electron chi connectivity index (χ1n) is 8.68. The molecule has 140 valence electrons. The number of carbonyl (C=O) groups excluding carboxylic acids is 1. The normalized spacial score (nSPS) is 35.1. The molecular formula is C15H29ClN4O3S. The van der Waals surface area contributed by atoms with Crippen LogP contribution in [0.5, 0.6) is 0 Å². The molecule has 9 heteroatoms. The molecule has 2 unspecified atom stereocenters. The van der Waals surface area contributed by atoms with Crippen molar-refractivity contribution in [1.82, 2.24) is 9.62 Å². The zero-order chi connectivity index (χ0) is 16.6. The first-order chi connectivity index (χ1) is 10.8. The molecule has 3 fully saturated rings. The number of hydrogen-bond donors (Lipinski definition) is 3. The Bertz CT molecular complexity index is 537. The average molecular weight is 381 g/mol. The largest absolute Gasteiger partial charge is 0.353 e. The van der Waals surface area contributed by atoms with Gasteiger partial charge in [0.25, 0.3) is 10.2 Å². The number of fused-ring (bicyclic) bond motifs is 2. The van der Waals surface area contributed by atoms with Gasteiger partial charge in [-0.3, -0.25) is 4.79 Å². The average Bonchev–Trinajstić information content (AvgIpc) is 2.47. The summed E-state index contributed by atoms with van der Waals surface area (Å²) in [4.78, 5) is 12.6. The first kappa shape index (κ1) is 19.9. The van der Waals surface area contributed by atoms with Gasteiger partial charge < -0.3 is 11.1 Å². The number of amides is 1. The van der Waals surface area contributed by atoms with Gasteiger partial charge in [-0.15, -0.1) is 12.4 Å². The summed E-state index contributed by atoms with van der Waals surface area (Å²) in [6.07, 6.45) is 6.64. The van der Waals surface area contributed by atoms with Crippen LogP contribution in [0.1, 0.15) is 44.9 Å². The lowest BCUT2D eigenvalue weighted by atomic mass is 9.67. The van der Waals surface area contributed by atoms with Crippen LogP contribution in [0.4, 0.5) is 0 Å². The summed E-state index contributed by atoms with van der Waals surface area (Å²) >= 11 is 0. The highest BCUT2D eigenvalue weighted by atomic mass is 35.5. The number of carbonyl (C=O) groups is 1. The van der Waals surface area contributed by atoms with Gasteiger partial charge >= 0.3 is 0 Å². The van der Waals surface area contributed by atoms with Crippen molar-refractivity contribution in [2.45, 2.75) is 57.0 Å². The molecule has 3 aliphatic rings. The molecule has 5 N–H and O–H groups in total. The minimum Gasteiger partial charge on any atom is -0.353 e. The van der Waals surface area contributed by atoms with Crippen LogP contribution in [0.3, 0.4) is 0 Å². The van der Waals surface area contributed by atoms with Crippen molar-refractivity contribution in [1.29, 1.82) is 0 Å². The molecule has 0 aromatic rings. The van der Waals surface area contributed by atoms with E-state index in [9.17, 15) is 13.2 Å². The van der Waals surface area contributed by atoms with E-state index in [0.29, 0.717) is 37.8 Å². The van der Waals surface area contributed by atoms with E-state index >= 15 is 0 Å². The molecule has 1 heterocycles. The lowest BCUT2D eigenvalue weighted by molar-refractivity contribution is -0.128. The molecule has 0 spiro atoms. The van der Waals surface area contributed by atoms with Crippen LogP contribution in [-0.2, 0) is 15.0 Å². The second-order valence-electron chi connectivity index (χ2n) is 7.44. The minimum atomic E-state index is -3.63. The molecule has 24 heavy (non-hydrogen) atoms. The Hall–Kier alpha value is -0.410. The van der Waals surface area contributed by atoms with Gasteiger partial charge in [-0.25, -0.2) is 5.14 Å². The summed E-state index contributed by atoms with van der Waals surface area (Å²) in [5.74, 6) is 0.984. The minimum absolute atomic E-state index is 0. The van der Waals surface area contributed by atoms with Gasteiger partial charge in [0.05, 0.1) is 0 Å². The van der Waals surface area contributed by atoms with E-state index in [2.05, 4.69) is 5.32 Å². The lowest BCUT2D eigenvalue weighted by Crippen LogP contribution is -2.55. The Morgan fingerprint density at radius 1 is 1.04 bits per heavy atom. The van der Waals surface area contributed by atoms with E-state index < -0.39 is 10.2 Å². The SMILES string of the molecule is Cl.NC1CC2CCCC(C1)C2NC(=O)C1CCN(S(N)(=O)=O)CC1. The Morgan fingerprint density at radius 2 is 1.58 bits per heavy atom. The van der Waals surface area contributed by atoms with Gasteiger partial charge in [-0.05, 0) is 50.4 Å². The third kappa shape index (κ3) is 4.40. The van der Waals surface area contributed by atoms with E-state index in [4.69, 9.17) is 10.9 Å². The van der Waals surface area contributed by atoms with Crippen molar-refractivity contribution in [3.8, 4) is 0 Å². The second kappa shape index (κ2) is 7.86. The van der Waals surface area contributed by atoms with Crippen molar-refractivity contribution >= 4 is 28.5 Å². The highest BCUT2D eigenvalue weighted by molar-refractivity contribution is 7.86. The molecule has 2 aliphatic carbocycles. The molecule has 1 amide bonds. The smallest absolute Gasteiger partial charge is 0.276 e. The van der Waals surface area contributed by atoms with Crippen LogP contribution in [0, 0.1) is 17.8 Å². The van der Waals surface area contributed by atoms with Crippen molar-refractivity contribution in [3.05, 3.63) is 0 Å². The van der Waals surface area contributed by atoms with Gasteiger partial charge in [0, 0.05) is 31.1 Å².